The molecular formula is C12H13BrFNO. The Morgan fingerprint density at radius 2 is 2.31 bits per heavy atom. The third-order valence-electron chi connectivity index (χ3n) is 2.58. The Morgan fingerprint density at radius 3 is 2.88 bits per heavy atom. The minimum Gasteiger partial charge on any atom is -0.496 e. The largest absolute Gasteiger partial charge is 0.496 e. The number of hydrogen-bond donors (Lipinski definition) is 1. The van der Waals surface area contributed by atoms with Crippen molar-refractivity contribution in [3.63, 3.8) is 0 Å². The van der Waals surface area contributed by atoms with Crippen molar-refractivity contribution >= 4 is 15.9 Å². The molecule has 0 spiro atoms. The molecule has 0 bridgehead atoms. The zero-order chi connectivity index (χ0) is 11.5. The quantitative estimate of drug-likeness (QED) is 0.921. The van der Waals surface area contributed by atoms with Crippen molar-refractivity contribution in [2.24, 2.45) is 0 Å². The van der Waals surface area contributed by atoms with E-state index in [0.29, 0.717) is 0 Å². The summed E-state index contributed by atoms with van der Waals surface area (Å²) < 4.78 is 19.3. The lowest BCUT2D eigenvalue weighted by molar-refractivity contribution is 0.218. The molecule has 1 N–H and O–H groups in total. The van der Waals surface area contributed by atoms with Crippen LogP contribution in [0.5, 0.6) is 0 Å². The van der Waals surface area contributed by atoms with Crippen LogP contribution in [0.15, 0.2) is 34.5 Å². The van der Waals surface area contributed by atoms with E-state index >= 15 is 0 Å². The molecule has 0 radical (unpaired) electrons. The molecule has 4 heteroatoms. The maximum atomic E-state index is 13.0. The van der Waals surface area contributed by atoms with Crippen LogP contribution in [0.4, 0.5) is 4.39 Å². The second-order valence-corrected chi connectivity index (χ2v) is 4.49. The summed E-state index contributed by atoms with van der Waals surface area (Å²) in [6.07, 6.45) is 3.00. The smallest absolute Gasteiger partial charge is 0.124 e. The average Bonchev–Trinajstić information content (AvgIpc) is 2.75. The highest BCUT2D eigenvalue weighted by atomic mass is 79.9. The van der Waals surface area contributed by atoms with Gasteiger partial charge in [0.15, 0.2) is 0 Å². The number of ether oxygens (including phenoxy) is 1. The van der Waals surface area contributed by atoms with E-state index in [1.807, 2.05) is 7.05 Å². The third kappa shape index (κ3) is 2.28. The van der Waals surface area contributed by atoms with Gasteiger partial charge in [-0.25, -0.2) is 4.39 Å². The normalized spacial score (nSPS) is 16.8. The minimum absolute atomic E-state index is 0.0162. The number of rotatable bonds is 3. The van der Waals surface area contributed by atoms with Crippen molar-refractivity contribution in [3.05, 3.63) is 45.9 Å². The van der Waals surface area contributed by atoms with Gasteiger partial charge in [-0.3, -0.25) is 0 Å². The van der Waals surface area contributed by atoms with Crippen molar-refractivity contribution in [2.45, 2.75) is 12.5 Å². The number of hydrogen-bond acceptors (Lipinski definition) is 2. The van der Waals surface area contributed by atoms with Crippen LogP contribution in [-0.2, 0) is 4.74 Å². The molecule has 0 saturated carbocycles. The van der Waals surface area contributed by atoms with Gasteiger partial charge in [0, 0.05) is 10.9 Å². The molecule has 0 saturated heterocycles. The Bertz CT molecular complexity index is 419. The second kappa shape index (κ2) is 4.97. The number of halogens is 2. The summed E-state index contributed by atoms with van der Waals surface area (Å²) in [4.78, 5) is 0. The fourth-order valence-corrected chi connectivity index (χ4v) is 2.40. The lowest BCUT2D eigenvalue weighted by atomic mass is 10.1. The first-order chi connectivity index (χ1) is 7.72. The van der Waals surface area contributed by atoms with Crippen LogP contribution in [0.2, 0.25) is 0 Å². The first-order valence-electron chi connectivity index (χ1n) is 5.17. The van der Waals surface area contributed by atoms with Gasteiger partial charge >= 0.3 is 0 Å². The van der Waals surface area contributed by atoms with Crippen LogP contribution in [0.25, 0.3) is 0 Å². The SMILES string of the molecule is CNC(C1=CCCO1)c1ccc(F)cc1Br. The van der Waals surface area contributed by atoms with E-state index in [2.05, 4.69) is 27.3 Å². The Balaban J connectivity index is 2.32. The molecule has 0 amide bonds. The number of likely N-dealkylation sites (N-methyl/N-ethyl adjacent to an activating group) is 1. The van der Waals surface area contributed by atoms with Crippen molar-refractivity contribution in [3.8, 4) is 0 Å². The maximum absolute atomic E-state index is 13.0. The van der Waals surface area contributed by atoms with Gasteiger partial charge in [0.25, 0.3) is 0 Å². The summed E-state index contributed by atoms with van der Waals surface area (Å²) >= 11 is 3.37. The molecule has 2 nitrogen and oxygen atoms in total. The number of benzene rings is 1. The highest BCUT2D eigenvalue weighted by molar-refractivity contribution is 9.10. The molecular weight excluding hydrogens is 273 g/mol. The van der Waals surface area contributed by atoms with Gasteiger partial charge in [-0.2, -0.15) is 0 Å². The van der Waals surface area contributed by atoms with Crippen LogP contribution in [-0.4, -0.2) is 13.7 Å². The number of nitrogens with one attached hydrogen (secondary N) is 1. The molecule has 2 rings (SSSR count). The molecule has 1 atom stereocenters. The lowest BCUT2D eigenvalue weighted by Crippen LogP contribution is -2.19. The van der Waals surface area contributed by atoms with Gasteiger partial charge in [-0.1, -0.05) is 22.0 Å². The summed E-state index contributed by atoms with van der Waals surface area (Å²) in [6, 6.07) is 4.68. The standard InChI is InChI=1S/C12H13BrFNO/c1-15-12(11-3-2-6-16-11)9-5-4-8(14)7-10(9)13/h3-5,7,12,15H,2,6H2,1H3. The predicted octanol–water partition coefficient (Wildman–Crippen LogP) is 3.15. The van der Waals surface area contributed by atoms with E-state index in [-0.39, 0.29) is 11.9 Å². The van der Waals surface area contributed by atoms with Crippen LogP contribution in [0.1, 0.15) is 18.0 Å². The highest BCUT2D eigenvalue weighted by Crippen LogP contribution is 2.31. The molecule has 1 aliphatic heterocycles. The highest BCUT2D eigenvalue weighted by Gasteiger charge is 2.21. The minimum atomic E-state index is -0.244. The zero-order valence-electron chi connectivity index (χ0n) is 8.97. The summed E-state index contributed by atoms with van der Waals surface area (Å²) in [6.45, 7) is 0.728. The Kier molecular flexibility index (Phi) is 3.61. The molecule has 0 fully saturated rings. The average molecular weight is 286 g/mol. The Hall–Kier alpha value is -0.870. The predicted molar refractivity (Wildman–Crippen MR) is 64.6 cm³/mol. The van der Waals surface area contributed by atoms with Gasteiger partial charge in [0.1, 0.15) is 11.6 Å². The molecule has 1 aromatic carbocycles. The van der Waals surface area contributed by atoms with Crippen molar-refractivity contribution < 1.29 is 9.13 Å². The fraction of sp³-hybridized carbons (Fsp3) is 0.333. The summed E-state index contributed by atoms with van der Waals surface area (Å²) in [5.41, 5.74) is 0.983. The van der Waals surface area contributed by atoms with Crippen LogP contribution < -0.4 is 5.32 Å². The monoisotopic (exact) mass is 285 g/mol. The van der Waals surface area contributed by atoms with Crippen LogP contribution in [0, 0.1) is 5.82 Å². The van der Waals surface area contributed by atoms with Crippen molar-refractivity contribution in [2.75, 3.05) is 13.7 Å². The van der Waals surface area contributed by atoms with E-state index < -0.39 is 0 Å². The van der Waals surface area contributed by atoms with E-state index in [9.17, 15) is 4.39 Å². The molecule has 1 aromatic rings. The van der Waals surface area contributed by atoms with Crippen LogP contribution >= 0.6 is 15.9 Å². The molecule has 1 aliphatic rings. The van der Waals surface area contributed by atoms with E-state index in [0.717, 1.165) is 28.8 Å². The summed E-state index contributed by atoms with van der Waals surface area (Å²) in [7, 11) is 1.86. The Labute approximate surface area is 103 Å². The first kappa shape index (κ1) is 11.6. The summed E-state index contributed by atoms with van der Waals surface area (Å²) in [5, 5.41) is 3.17. The molecule has 1 heterocycles. The third-order valence-corrected chi connectivity index (χ3v) is 3.27. The molecule has 86 valence electrons. The Morgan fingerprint density at radius 1 is 1.50 bits per heavy atom. The van der Waals surface area contributed by atoms with Crippen molar-refractivity contribution in [1.82, 2.24) is 5.32 Å². The zero-order valence-corrected chi connectivity index (χ0v) is 10.6. The van der Waals surface area contributed by atoms with E-state index in [1.54, 1.807) is 6.07 Å². The molecule has 16 heavy (non-hydrogen) atoms. The van der Waals surface area contributed by atoms with Gasteiger partial charge in [0.2, 0.25) is 0 Å². The molecule has 0 aromatic heterocycles. The van der Waals surface area contributed by atoms with Gasteiger partial charge in [0.05, 0.1) is 12.6 Å². The van der Waals surface area contributed by atoms with E-state index in [4.69, 9.17) is 4.74 Å². The molecule has 1 unspecified atom stereocenters. The van der Waals surface area contributed by atoms with Crippen LogP contribution in [0.3, 0.4) is 0 Å². The van der Waals surface area contributed by atoms with E-state index in [1.165, 1.54) is 12.1 Å². The topological polar surface area (TPSA) is 21.3 Å². The van der Waals surface area contributed by atoms with Crippen molar-refractivity contribution in [1.29, 1.82) is 0 Å². The van der Waals surface area contributed by atoms with Gasteiger partial charge in [-0.15, -0.1) is 0 Å². The van der Waals surface area contributed by atoms with Gasteiger partial charge < -0.3 is 10.1 Å². The first-order valence-corrected chi connectivity index (χ1v) is 5.96. The summed E-state index contributed by atoms with van der Waals surface area (Å²) in [5.74, 6) is 0.668. The second-order valence-electron chi connectivity index (χ2n) is 3.63. The fourth-order valence-electron chi connectivity index (χ4n) is 1.82. The maximum Gasteiger partial charge on any atom is 0.124 e. The lowest BCUT2D eigenvalue weighted by Gasteiger charge is -2.19. The van der Waals surface area contributed by atoms with Gasteiger partial charge in [-0.05, 0) is 30.8 Å². The molecule has 0 aliphatic carbocycles.